The van der Waals surface area contributed by atoms with E-state index in [1.165, 1.54) is 5.69 Å². The van der Waals surface area contributed by atoms with Gasteiger partial charge in [-0.05, 0) is 68.4 Å². The molecular weight excluding hydrogens is 484 g/mol. The van der Waals surface area contributed by atoms with Gasteiger partial charge in [0.05, 0.1) is 4.34 Å². The number of thiophene rings is 1. The molecule has 9 heteroatoms. The van der Waals surface area contributed by atoms with Crippen molar-refractivity contribution in [3.63, 3.8) is 0 Å². The number of carbonyl (C=O) groups is 2. The van der Waals surface area contributed by atoms with Crippen molar-refractivity contribution in [3.05, 3.63) is 76.1 Å². The second-order valence-corrected chi connectivity index (χ2v) is 10.2. The highest BCUT2D eigenvalue weighted by molar-refractivity contribution is 7.17. The molecule has 1 unspecified atom stereocenters. The van der Waals surface area contributed by atoms with E-state index >= 15 is 0 Å². The van der Waals surface area contributed by atoms with E-state index in [1.807, 2.05) is 30.3 Å². The van der Waals surface area contributed by atoms with Gasteiger partial charge in [0.2, 0.25) is 0 Å². The Bertz CT molecular complexity index is 1170. The molecule has 2 N–H and O–H groups in total. The van der Waals surface area contributed by atoms with Crippen LogP contribution in [0, 0.1) is 6.92 Å². The SMILES string of the molecule is Cc1cc(NC(=O)C(NC(=O)Oc2ccc(Cl)s2)c2ccccc2)ccc1N1CCCN(C)CC1. The summed E-state index contributed by atoms with van der Waals surface area (Å²) in [6.45, 7) is 6.15. The maximum atomic E-state index is 13.3. The molecule has 2 aromatic carbocycles. The minimum absolute atomic E-state index is 0.352. The lowest BCUT2D eigenvalue weighted by Crippen LogP contribution is -2.38. The zero-order valence-corrected chi connectivity index (χ0v) is 21.4. The first-order valence-electron chi connectivity index (χ1n) is 11.5. The highest BCUT2D eigenvalue weighted by Gasteiger charge is 2.24. The lowest BCUT2D eigenvalue weighted by atomic mass is 10.1. The molecular formula is C26H29ClN4O3S. The fraction of sp³-hybridized carbons (Fsp3) is 0.308. The molecule has 1 atom stereocenters. The second-order valence-electron chi connectivity index (χ2n) is 8.57. The Labute approximate surface area is 214 Å². The number of rotatable bonds is 6. The van der Waals surface area contributed by atoms with E-state index in [2.05, 4.69) is 40.5 Å². The average molecular weight is 513 g/mol. The number of nitrogens with zero attached hydrogens (tertiary/aromatic N) is 2. The highest BCUT2D eigenvalue weighted by atomic mass is 35.5. The summed E-state index contributed by atoms with van der Waals surface area (Å²) in [5.74, 6) is -0.360. The largest absolute Gasteiger partial charge is 0.414 e. The number of carbonyl (C=O) groups excluding carboxylic acids is 2. The number of ether oxygens (including phenoxy) is 1. The van der Waals surface area contributed by atoms with Gasteiger partial charge in [0.1, 0.15) is 6.04 Å². The van der Waals surface area contributed by atoms with Crippen LogP contribution in [0.5, 0.6) is 5.06 Å². The van der Waals surface area contributed by atoms with E-state index in [9.17, 15) is 9.59 Å². The standard InChI is InChI=1S/C26H29ClN4O3S/c1-18-17-20(9-10-21(18)31-14-6-13-30(2)15-16-31)28-25(32)24(19-7-4-3-5-8-19)29-26(33)34-23-12-11-22(27)35-23/h3-5,7-12,17,24H,6,13-16H2,1-2H3,(H,28,32)(H,29,33). The predicted octanol–water partition coefficient (Wildman–Crippen LogP) is 5.32. The summed E-state index contributed by atoms with van der Waals surface area (Å²) in [4.78, 5) is 30.5. The van der Waals surface area contributed by atoms with Crippen LogP contribution in [0.15, 0.2) is 60.7 Å². The Morgan fingerprint density at radius 3 is 2.54 bits per heavy atom. The summed E-state index contributed by atoms with van der Waals surface area (Å²) in [6, 6.07) is 17.3. The fourth-order valence-electron chi connectivity index (χ4n) is 4.13. The quantitative estimate of drug-likeness (QED) is 0.467. The lowest BCUT2D eigenvalue weighted by molar-refractivity contribution is -0.118. The zero-order valence-electron chi connectivity index (χ0n) is 19.8. The molecule has 35 heavy (non-hydrogen) atoms. The van der Waals surface area contributed by atoms with Crippen molar-refractivity contribution in [1.29, 1.82) is 0 Å². The Morgan fingerprint density at radius 1 is 1.03 bits per heavy atom. The van der Waals surface area contributed by atoms with Crippen molar-refractivity contribution in [2.24, 2.45) is 0 Å². The van der Waals surface area contributed by atoms with Crippen LogP contribution in [-0.2, 0) is 4.79 Å². The maximum Gasteiger partial charge on any atom is 0.414 e. The molecule has 4 rings (SSSR count). The molecule has 1 aliphatic heterocycles. The number of nitrogens with one attached hydrogen (secondary N) is 2. The van der Waals surface area contributed by atoms with E-state index in [4.69, 9.17) is 16.3 Å². The van der Waals surface area contributed by atoms with Crippen molar-refractivity contribution in [2.45, 2.75) is 19.4 Å². The molecule has 0 saturated carbocycles. The Morgan fingerprint density at radius 2 is 1.83 bits per heavy atom. The third-order valence-corrected chi connectivity index (χ3v) is 7.03. The Hall–Kier alpha value is -3.07. The zero-order chi connectivity index (χ0) is 24.8. The van der Waals surface area contributed by atoms with Crippen LogP contribution in [0.4, 0.5) is 16.2 Å². The van der Waals surface area contributed by atoms with Crippen molar-refractivity contribution in [3.8, 4) is 5.06 Å². The number of likely N-dealkylation sites (N-methyl/N-ethyl adjacent to an activating group) is 1. The number of benzene rings is 2. The van der Waals surface area contributed by atoms with Gasteiger partial charge in [-0.25, -0.2) is 4.79 Å². The topological polar surface area (TPSA) is 73.9 Å². The first-order chi connectivity index (χ1) is 16.9. The smallest absolute Gasteiger partial charge is 0.399 e. The van der Waals surface area contributed by atoms with Gasteiger partial charge in [0, 0.05) is 31.0 Å². The van der Waals surface area contributed by atoms with Crippen molar-refractivity contribution >= 4 is 46.3 Å². The van der Waals surface area contributed by atoms with Crippen LogP contribution in [0.25, 0.3) is 0 Å². The number of aryl methyl sites for hydroxylation is 1. The van der Waals surface area contributed by atoms with E-state index in [0.717, 1.165) is 49.5 Å². The normalized spacial score (nSPS) is 15.2. The van der Waals surface area contributed by atoms with E-state index in [-0.39, 0.29) is 5.91 Å². The molecule has 1 aliphatic rings. The van der Waals surface area contributed by atoms with Gasteiger partial charge in [-0.1, -0.05) is 53.3 Å². The van der Waals surface area contributed by atoms with Gasteiger partial charge in [0.25, 0.3) is 5.91 Å². The maximum absolute atomic E-state index is 13.3. The molecule has 1 saturated heterocycles. The molecule has 0 radical (unpaired) electrons. The number of anilines is 2. The molecule has 0 aliphatic carbocycles. The van der Waals surface area contributed by atoms with Gasteiger partial charge < -0.3 is 25.2 Å². The lowest BCUT2D eigenvalue weighted by Gasteiger charge is -2.25. The fourth-order valence-corrected chi connectivity index (χ4v) is 5.00. The Balaban J connectivity index is 1.47. The van der Waals surface area contributed by atoms with Crippen LogP contribution in [0.2, 0.25) is 4.34 Å². The summed E-state index contributed by atoms with van der Waals surface area (Å²) in [6.07, 6.45) is 0.386. The van der Waals surface area contributed by atoms with E-state index in [0.29, 0.717) is 20.7 Å². The molecule has 0 bridgehead atoms. The molecule has 1 fully saturated rings. The highest BCUT2D eigenvalue weighted by Crippen LogP contribution is 2.29. The van der Waals surface area contributed by atoms with Gasteiger partial charge in [-0.15, -0.1) is 0 Å². The van der Waals surface area contributed by atoms with Crippen LogP contribution in [0.1, 0.15) is 23.6 Å². The average Bonchev–Trinajstić information content (AvgIpc) is 3.12. The summed E-state index contributed by atoms with van der Waals surface area (Å²) in [5, 5.41) is 5.98. The number of hydrogen-bond acceptors (Lipinski definition) is 6. The van der Waals surface area contributed by atoms with Gasteiger partial charge in [0.15, 0.2) is 5.06 Å². The molecule has 0 spiro atoms. The molecule has 1 aromatic heterocycles. The van der Waals surface area contributed by atoms with Crippen LogP contribution >= 0.6 is 22.9 Å². The molecule has 3 aromatic rings. The minimum atomic E-state index is -0.930. The van der Waals surface area contributed by atoms with Crippen molar-refractivity contribution < 1.29 is 14.3 Å². The summed E-state index contributed by atoms with van der Waals surface area (Å²) in [7, 11) is 2.15. The molecule has 2 amide bonds. The first-order valence-corrected chi connectivity index (χ1v) is 12.7. The third-order valence-electron chi connectivity index (χ3n) is 5.92. The molecule has 184 valence electrons. The third kappa shape index (κ3) is 6.75. The number of amides is 2. The van der Waals surface area contributed by atoms with Gasteiger partial charge in [-0.2, -0.15) is 0 Å². The minimum Gasteiger partial charge on any atom is -0.399 e. The van der Waals surface area contributed by atoms with Crippen LogP contribution in [0.3, 0.4) is 0 Å². The molecule has 2 heterocycles. The Kier molecular flexibility index (Phi) is 8.28. The summed E-state index contributed by atoms with van der Waals surface area (Å²) in [5.41, 5.74) is 3.58. The summed E-state index contributed by atoms with van der Waals surface area (Å²) >= 11 is 7.05. The first kappa shape index (κ1) is 25.0. The summed E-state index contributed by atoms with van der Waals surface area (Å²) < 4.78 is 5.81. The van der Waals surface area contributed by atoms with Crippen molar-refractivity contribution in [2.75, 3.05) is 43.4 Å². The monoisotopic (exact) mass is 512 g/mol. The van der Waals surface area contributed by atoms with E-state index in [1.54, 1.807) is 24.3 Å². The van der Waals surface area contributed by atoms with Crippen molar-refractivity contribution in [1.82, 2.24) is 10.2 Å². The second kappa shape index (κ2) is 11.6. The van der Waals surface area contributed by atoms with Crippen LogP contribution in [-0.4, -0.2) is 50.1 Å². The predicted molar refractivity (Wildman–Crippen MR) is 142 cm³/mol. The van der Waals surface area contributed by atoms with Gasteiger partial charge >= 0.3 is 6.09 Å². The van der Waals surface area contributed by atoms with E-state index < -0.39 is 12.1 Å². The number of halogens is 1. The van der Waals surface area contributed by atoms with Gasteiger partial charge in [-0.3, -0.25) is 4.79 Å². The molecule has 7 nitrogen and oxygen atoms in total. The van der Waals surface area contributed by atoms with Crippen LogP contribution < -0.4 is 20.3 Å². The number of hydrogen-bond donors (Lipinski definition) is 2.